The Morgan fingerprint density at radius 1 is 1.20 bits per heavy atom. The summed E-state index contributed by atoms with van der Waals surface area (Å²) in [5, 5.41) is 3.08. The first-order valence-corrected chi connectivity index (χ1v) is 7.33. The zero-order valence-electron chi connectivity index (χ0n) is 11.9. The molecule has 4 nitrogen and oxygen atoms in total. The van der Waals surface area contributed by atoms with Gasteiger partial charge in [0.05, 0.1) is 10.2 Å². The Balaban J connectivity index is 2.21. The summed E-state index contributed by atoms with van der Waals surface area (Å²) in [4.78, 5) is 9.03. The molecule has 0 spiro atoms. The standard InChI is InChI=1S/C15H18BrN3O/c1-10(2)14-13(16)15(17-3)19-12(18-14)9-20-11-7-5-4-6-8-11/h4-8,10H,9H2,1-3H3,(H,17,18,19). The van der Waals surface area contributed by atoms with Gasteiger partial charge >= 0.3 is 0 Å². The van der Waals surface area contributed by atoms with Crippen LogP contribution in [0.3, 0.4) is 0 Å². The van der Waals surface area contributed by atoms with Gasteiger partial charge in [0, 0.05) is 7.05 Å². The highest BCUT2D eigenvalue weighted by atomic mass is 79.9. The molecule has 0 aliphatic rings. The zero-order valence-corrected chi connectivity index (χ0v) is 13.4. The molecule has 0 atom stereocenters. The molecule has 1 N–H and O–H groups in total. The summed E-state index contributed by atoms with van der Waals surface area (Å²) in [6.07, 6.45) is 0. The number of para-hydroxylation sites is 1. The largest absolute Gasteiger partial charge is 0.486 e. The molecule has 0 aliphatic carbocycles. The van der Waals surface area contributed by atoms with Crippen molar-refractivity contribution in [3.8, 4) is 5.75 Å². The fraction of sp³-hybridized carbons (Fsp3) is 0.333. The van der Waals surface area contributed by atoms with E-state index in [1.807, 2.05) is 37.4 Å². The molecule has 106 valence electrons. The van der Waals surface area contributed by atoms with Crippen molar-refractivity contribution in [1.82, 2.24) is 9.97 Å². The number of anilines is 1. The molecular weight excluding hydrogens is 318 g/mol. The molecule has 0 bridgehead atoms. The molecule has 0 radical (unpaired) electrons. The van der Waals surface area contributed by atoms with Gasteiger partial charge < -0.3 is 10.1 Å². The molecule has 0 fully saturated rings. The average Bonchev–Trinajstić information content (AvgIpc) is 2.47. The van der Waals surface area contributed by atoms with E-state index in [0.29, 0.717) is 18.3 Å². The van der Waals surface area contributed by atoms with Gasteiger partial charge in [-0.15, -0.1) is 0 Å². The van der Waals surface area contributed by atoms with Crippen LogP contribution in [0, 0.1) is 0 Å². The van der Waals surface area contributed by atoms with Gasteiger partial charge in [0.15, 0.2) is 5.82 Å². The highest BCUT2D eigenvalue weighted by molar-refractivity contribution is 9.10. The fourth-order valence-corrected chi connectivity index (χ4v) is 2.62. The Hall–Kier alpha value is -1.62. The van der Waals surface area contributed by atoms with Gasteiger partial charge in [0.25, 0.3) is 0 Å². The normalized spacial score (nSPS) is 10.7. The highest BCUT2D eigenvalue weighted by Crippen LogP contribution is 2.28. The third-order valence-corrected chi connectivity index (χ3v) is 3.60. The number of nitrogens with one attached hydrogen (secondary N) is 1. The maximum Gasteiger partial charge on any atom is 0.168 e. The summed E-state index contributed by atoms with van der Waals surface area (Å²) in [6.45, 7) is 4.56. The number of halogens is 1. The topological polar surface area (TPSA) is 47.0 Å². The number of hydrogen-bond acceptors (Lipinski definition) is 4. The molecule has 0 unspecified atom stereocenters. The Bertz CT molecular complexity index is 573. The van der Waals surface area contributed by atoms with Gasteiger partial charge in [0.1, 0.15) is 18.2 Å². The number of rotatable bonds is 5. The van der Waals surface area contributed by atoms with Gasteiger partial charge in [-0.2, -0.15) is 0 Å². The molecular formula is C15H18BrN3O. The van der Waals surface area contributed by atoms with E-state index < -0.39 is 0 Å². The number of aromatic nitrogens is 2. The molecule has 1 aromatic carbocycles. The number of ether oxygens (including phenoxy) is 1. The van der Waals surface area contributed by atoms with Gasteiger partial charge in [-0.25, -0.2) is 9.97 Å². The van der Waals surface area contributed by atoms with E-state index >= 15 is 0 Å². The van der Waals surface area contributed by atoms with Crippen LogP contribution >= 0.6 is 15.9 Å². The van der Waals surface area contributed by atoms with Crippen molar-refractivity contribution in [1.29, 1.82) is 0 Å². The van der Waals surface area contributed by atoms with Crippen molar-refractivity contribution in [3.05, 3.63) is 46.3 Å². The zero-order chi connectivity index (χ0) is 14.5. The van der Waals surface area contributed by atoms with Crippen molar-refractivity contribution >= 4 is 21.7 Å². The molecule has 20 heavy (non-hydrogen) atoms. The van der Waals surface area contributed by atoms with E-state index in [9.17, 15) is 0 Å². The lowest BCUT2D eigenvalue weighted by Gasteiger charge is -2.13. The summed E-state index contributed by atoms with van der Waals surface area (Å²) in [5.41, 5.74) is 0.982. The van der Waals surface area contributed by atoms with E-state index in [-0.39, 0.29) is 0 Å². The van der Waals surface area contributed by atoms with Crippen LogP contribution in [0.2, 0.25) is 0 Å². The predicted octanol–water partition coefficient (Wildman–Crippen LogP) is 3.98. The summed E-state index contributed by atoms with van der Waals surface area (Å²) in [6, 6.07) is 9.67. The second kappa shape index (κ2) is 6.70. The third-order valence-electron chi connectivity index (χ3n) is 2.82. The smallest absolute Gasteiger partial charge is 0.168 e. The fourth-order valence-electron chi connectivity index (χ4n) is 1.79. The van der Waals surface area contributed by atoms with E-state index in [1.54, 1.807) is 0 Å². The van der Waals surface area contributed by atoms with Crippen LogP contribution in [0.1, 0.15) is 31.3 Å². The molecule has 2 rings (SSSR count). The average molecular weight is 336 g/mol. The highest BCUT2D eigenvalue weighted by Gasteiger charge is 2.14. The quantitative estimate of drug-likeness (QED) is 0.897. The van der Waals surface area contributed by atoms with Crippen LogP contribution in [0.25, 0.3) is 0 Å². The first-order valence-electron chi connectivity index (χ1n) is 6.53. The lowest BCUT2D eigenvalue weighted by Crippen LogP contribution is -2.09. The van der Waals surface area contributed by atoms with Crippen molar-refractivity contribution in [2.45, 2.75) is 26.4 Å². The Morgan fingerprint density at radius 3 is 2.50 bits per heavy atom. The summed E-state index contributed by atoms with van der Waals surface area (Å²) in [7, 11) is 1.85. The van der Waals surface area contributed by atoms with Crippen LogP contribution < -0.4 is 10.1 Å². The van der Waals surface area contributed by atoms with E-state index in [2.05, 4.69) is 45.1 Å². The first-order chi connectivity index (χ1) is 9.61. The maximum atomic E-state index is 5.70. The van der Waals surface area contributed by atoms with Crippen LogP contribution in [0.15, 0.2) is 34.8 Å². The Kier molecular flexibility index (Phi) is 4.95. The Morgan fingerprint density at radius 2 is 1.90 bits per heavy atom. The summed E-state index contributed by atoms with van der Waals surface area (Å²) < 4.78 is 6.61. The van der Waals surface area contributed by atoms with E-state index in [0.717, 1.165) is 21.7 Å². The van der Waals surface area contributed by atoms with Crippen LogP contribution in [-0.4, -0.2) is 17.0 Å². The van der Waals surface area contributed by atoms with E-state index in [1.165, 1.54) is 0 Å². The van der Waals surface area contributed by atoms with Crippen molar-refractivity contribution in [3.63, 3.8) is 0 Å². The van der Waals surface area contributed by atoms with Gasteiger partial charge in [-0.3, -0.25) is 0 Å². The second-order valence-corrected chi connectivity index (χ2v) is 5.49. The van der Waals surface area contributed by atoms with Gasteiger partial charge in [0.2, 0.25) is 0 Å². The second-order valence-electron chi connectivity index (χ2n) is 4.69. The minimum absolute atomic E-state index is 0.315. The predicted molar refractivity (Wildman–Crippen MR) is 84.1 cm³/mol. The number of hydrogen-bond donors (Lipinski definition) is 1. The maximum absolute atomic E-state index is 5.70. The third kappa shape index (κ3) is 3.48. The minimum Gasteiger partial charge on any atom is -0.486 e. The van der Waals surface area contributed by atoms with Crippen molar-refractivity contribution in [2.24, 2.45) is 0 Å². The SMILES string of the molecule is CNc1nc(COc2ccccc2)nc(C(C)C)c1Br. The van der Waals surface area contributed by atoms with Crippen LogP contribution in [0.4, 0.5) is 5.82 Å². The molecule has 1 heterocycles. The molecule has 1 aromatic heterocycles. The molecule has 0 saturated carbocycles. The molecule has 0 aliphatic heterocycles. The molecule has 0 amide bonds. The Labute approximate surface area is 127 Å². The monoisotopic (exact) mass is 335 g/mol. The molecule has 2 aromatic rings. The van der Waals surface area contributed by atoms with Gasteiger partial charge in [-0.05, 0) is 34.0 Å². The summed E-state index contributed by atoms with van der Waals surface area (Å²) >= 11 is 3.54. The lowest BCUT2D eigenvalue weighted by molar-refractivity contribution is 0.295. The molecule has 5 heteroatoms. The van der Waals surface area contributed by atoms with Crippen molar-refractivity contribution < 1.29 is 4.74 Å². The summed E-state index contributed by atoms with van der Waals surface area (Å²) in [5.74, 6) is 2.59. The van der Waals surface area contributed by atoms with E-state index in [4.69, 9.17) is 4.74 Å². The molecule has 0 saturated heterocycles. The van der Waals surface area contributed by atoms with Crippen LogP contribution in [0.5, 0.6) is 5.75 Å². The number of benzene rings is 1. The van der Waals surface area contributed by atoms with Gasteiger partial charge in [-0.1, -0.05) is 32.0 Å². The minimum atomic E-state index is 0.315. The first kappa shape index (κ1) is 14.8. The van der Waals surface area contributed by atoms with Crippen molar-refractivity contribution in [2.75, 3.05) is 12.4 Å². The number of nitrogens with zero attached hydrogens (tertiary/aromatic N) is 2. The van der Waals surface area contributed by atoms with Crippen LogP contribution in [-0.2, 0) is 6.61 Å². The lowest BCUT2D eigenvalue weighted by atomic mass is 10.1.